The first-order chi connectivity index (χ1) is 15.9. The van der Waals surface area contributed by atoms with Crippen molar-refractivity contribution in [2.24, 2.45) is 0 Å². The molecule has 0 spiro atoms. The van der Waals surface area contributed by atoms with Gasteiger partial charge in [0.1, 0.15) is 12.7 Å². The predicted molar refractivity (Wildman–Crippen MR) is 118 cm³/mol. The Bertz CT molecular complexity index is 1220. The lowest BCUT2D eigenvalue weighted by atomic mass is 10.2. The number of rotatable bonds is 7. The summed E-state index contributed by atoms with van der Waals surface area (Å²) >= 11 is 0. The lowest BCUT2D eigenvalue weighted by molar-refractivity contribution is -0.115. The number of hydrogen-bond acceptors (Lipinski definition) is 7. The fourth-order valence-electron chi connectivity index (χ4n) is 3.24. The smallest absolute Gasteiger partial charge is 0.251 e. The lowest BCUT2D eigenvalue weighted by Gasteiger charge is -2.26. The molecular formula is C21H22N6O5S. The Labute approximate surface area is 190 Å². The van der Waals surface area contributed by atoms with Crippen LogP contribution in [0.25, 0.3) is 5.69 Å². The van der Waals surface area contributed by atoms with E-state index < -0.39 is 21.8 Å². The molecule has 1 fully saturated rings. The van der Waals surface area contributed by atoms with Crippen LogP contribution < -0.4 is 10.6 Å². The fraction of sp³-hybridized carbons (Fsp3) is 0.238. The highest BCUT2D eigenvalue weighted by Crippen LogP contribution is 2.18. The predicted octanol–water partition coefficient (Wildman–Crippen LogP) is 0.657. The molecule has 2 heterocycles. The second-order valence-electron chi connectivity index (χ2n) is 7.16. The van der Waals surface area contributed by atoms with Crippen molar-refractivity contribution in [1.29, 1.82) is 0 Å². The van der Waals surface area contributed by atoms with Crippen molar-refractivity contribution < 1.29 is 22.7 Å². The van der Waals surface area contributed by atoms with Gasteiger partial charge in [-0.15, -0.1) is 0 Å². The molecule has 2 N–H and O–H groups in total. The number of amides is 2. The number of aromatic nitrogens is 3. The quantitative estimate of drug-likeness (QED) is 0.518. The molecule has 1 saturated heterocycles. The van der Waals surface area contributed by atoms with E-state index in [9.17, 15) is 18.0 Å². The Morgan fingerprint density at radius 2 is 1.82 bits per heavy atom. The van der Waals surface area contributed by atoms with Crippen molar-refractivity contribution in [3.8, 4) is 5.69 Å². The highest BCUT2D eigenvalue weighted by Gasteiger charge is 2.26. The van der Waals surface area contributed by atoms with Crippen LogP contribution in [-0.4, -0.2) is 72.1 Å². The van der Waals surface area contributed by atoms with Gasteiger partial charge in [0.15, 0.2) is 0 Å². The normalized spacial score (nSPS) is 14.5. The summed E-state index contributed by atoms with van der Waals surface area (Å²) in [7, 11) is -3.73. The van der Waals surface area contributed by atoms with Crippen LogP contribution >= 0.6 is 0 Å². The molecular weight excluding hydrogens is 448 g/mol. The molecule has 12 heteroatoms. The number of anilines is 1. The summed E-state index contributed by atoms with van der Waals surface area (Å²) in [5, 5.41) is 9.22. The Hall–Kier alpha value is -3.61. The number of sulfonamides is 1. The minimum atomic E-state index is -3.73. The van der Waals surface area contributed by atoms with E-state index in [2.05, 4.69) is 20.7 Å². The number of ether oxygens (including phenoxy) is 1. The topological polar surface area (TPSA) is 136 Å². The first-order valence-electron chi connectivity index (χ1n) is 10.1. The van der Waals surface area contributed by atoms with Gasteiger partial charge in [0.2, 0.25) is 15.9 Å². The van der Waals surface area contributed by atoms with E-state index in [4.69, 9.17) is 4.74 Å². The molecule has 3 aromatic rings. The molecule has 0 atom stereocenters. The zero-order valence-electron chi connectivity index (χ0n) is 17.5. The molecule has 0 aliphatic carbocycles. The first kappa shape index (κ1) is 22.6. The van der Waals surface area contributed by atoms with E-state index in [1.807, 2.05) is 0 Å². The molecule has 0 unspecified atom stereocenters. The monoisotopic (exact) mass is 470 g/mol. The van der Waals surface area contributed by atoms with Crippen LogP contribution in [0.15, 0.2) is 66.1 Å². The standard InChI is InChI=1S/C21H22N6O5S/c28-20(25-17-4-6-18(7-5-17)27-15-22-14-24-27)13-23-21(29)16-2-1-3-19(12-16)33(30,31)26-8-10-32-11-9-26/h1-7,12,14-15H,8-11,13H2,(H,23,29)(H,25,28). The molecule has 0 bridgehead atoms. The fourth-order valence-corrected chi connectivity index (χ4v) is 4.70. The number of carbonyl (C=O) groups is 2. The maximum Gasteiger partial charge on any atom is 0.251 e. The summed E-state index contributed by atoms with van der Waals surface area (Å²) in [4.78, 5) is 28.6. The van der Waals surface area contributed by atoms with Crippen molar-refractivity contribution >= 4 is 27.5 Å². The molecule has 1 aromatic heterocycles. The van der Waals surface area contributed by atoms with Crippen LogP contribution in [0.4, 0.5) is 5.69 Å². The molecule has 33 heavy (non-hydrogen) atoms. The highest BCUT2D eigenvalue weighted by molar-refractivity contribution is 7.89. The molecule has 172 valence electrons. The van der Waals surface area contributed by atoms with Gasteiger partial charge >= 0.3 is 0 Å². The number of benzene rings is 2. The van der Waals surface area contributed by atoms with Gasteiger partial charge in [0.25, 0.3) is 5.91 Å². The average molecular weight is 471 g/mol. The minimum absolute atomic E-state index is 0.0222. The van der Waals surface area contributed by atoms with Crippen molar-refractivity contribution in [2.45, 2.75) is 4.90 Å². The lowest BCUT2D eigenvalue weighted by Crippen LogP contribution is -2.40. The van der Waals surface area contributed by atoms with Crippen molar-refractivity contribution in [1.82, 2.24) is 24.4 Å². The van der Waals surface area contributed by atoms with Crippen LogP contribution in [-0.2, 0) is 19.6 Å². The van der Waals surface area contributed by atoms with E-state index in [1.165, 1.54) is 34.9 Å². The average Bonchev–Trinajstić information content (AvgIpc) is 3.39. The van der Waals surface area contributed by atoms with Crippen LogP contribution in [0.2, 0.25) is 0 Å². The molecule has 2 amide bonds. The third-order valence-electron chi connectivity index (χ3n) is 4.95. The van der Waals surface area contributed by atoms with Gasteiger partial charge in [0.05, 0.1) is 30.3 Å². The van der Waals surface area contributed by atoms with Gasteiger partial charge in [-0.1, -0.05) is 6.07 Å². The first-order valence-corrected chi connectivity index (χ1v) is 11.6. The maximum absolute atomic E-state index is 12.8. The second kappa shape index (κ2) is 9.90. The van der Waals surface area contributed by atoms with Gasteiger partial charge in [0, 0.05) is 24.3 Å². The second-order valence-corrected chi connectivity index (χ2v) is 9.10. The molecule has 1 aliphatic heterocycles. The Morgan fingerprint density at radius 3 is 2.52 bits per heavy atom. The number of nitrogens with zero attached hydrogens (tertiary/aromatic N) is 4. The summed E-state index contributed by atoms with van der Waals surface area (Å²) in [5.41, 5.74) is 1.48. The van der Waals surface area contributed by atoms with Crippen molar-refractivity contribution in [3.63, 3.8) is 0 Å². The zero-order valence-corrected chi connectivity index (χ0v) is 18.4. The van der Waals surface area contributed by atoms with Crippen LogP contribution in [0.5, 0.6) is 0 Å². The summed E-state index contributed by atoms with van der Waals surface area (Å²) in [6.45, 7) is 0.914. The number of morpholine rings is 1. The van der Waals surface area contributed by atoms with Crippen molar-refractivity contribution in [2.75, 3.05) is 38.2 Å². The number of nitrogens with one attached hydrogen (secondary N) is 2. The van der Waals surface area contributed by atoms with Gasteiger partial charge in [-0.05, 0) is 42.5 Å². The SMILES string of the molecule is O=C(CNC(=O)c1cccc(S(=O)(=O)N2CCOCC2)c1)Nc1ccc(-n2cncn2)cc1. The van der Waals surface area contributed by atoms with E-state index in [0.717, 1.165) is 5.69 Å². The zero-order chi connectivity index (χ0) is 23.3. The summed E-state index contributed by atoms with van der Waals surface area (Å²) in [6, 6.07) is 12.7. The van der Waals surface area contributed by atoms with E-state index >= 15 is 0 Å². The third kappa shape index (κ3) is 5.42. The summed E-state index contributed by atoms with van der Waals surface area (Å²) in [6.07, 6.45) is 2.98. The Morgan fingerprint density at radius 1 is 1.06 bits per heavy atom. The van der Waals surface area contributed by atoms with Crippen LogP contribution in [0.1, 0.15) is 10.4 Å². The maximum atomic E-state index is 12.8. The van der Waals surface area contributed by atoms with Gasteiger partial charge < -0.3 is 15.4 Å². The Balaban J connectivity index is 1.34. The van der Waals surface area contributed by atoms with E-state index in [-0.39, 0.29) is 30.1 Å². The Kier molecular flexibility index (Phi) is 6.77. The third-order valence-corrected chi connectivity index (χ3v) is 6.84. The summed E-state index contributed by atoms with van der Waals surface area (Å²) in [5.74, 6) is -0.973. The molecule has 11 nitrogen and oxygen atoms in total. The molecule has 1 aliphatic rings. The minimum Gasteiger partial charge on any atom is -0.379 e. The number of hydrogen-bond donors (Lipinski definition) is 2. The van der Waals surface area contributed by atoms with Gasteiger partial charge in [-0.25, -0.2) is 18.1 Å². The summed E-state index contributed by atoms with van der Waals surface area (Å²) < 4.78 is 33.7. The van der Waals surface area contributed by atoms with Crippen LogP contribution in [0.3, 0.4) is 0 Å². The largest absolute Gasteiger partial charge is 0.379 e. The van der Waals surface area contributed by atoms with Crippen molar-refractivity contribution in [3.05, 3.63) is 66.7 Å². The van der Waals surface area contributed by atoms with E-state index in [1.54, 1.807) is 35.3 Å². The number of carbonyl (C=O) groups excluding carboxylic acids is 2. The molecule has 0 saturated carbocycles. The van der Waals surface area contributed by atoms with Crippen LogP contribution in [0, 0.1) is 0 Å². The molecule has 2 aromatic carbocycles. The highest BCUT2D eigenvalue weighted by atomic mass is 32.2. The van der Waals surface area contributed by atoms with Gasteiger partial charge in [-0.2, -0.15) is 9.40 Å². The van der Waals surface area contributed by atoms with Gasteiger partial charge in [-0.3, -0.25) is 9.59 Å². The molecule has 0 radical (unpaired) electrons. The molecule has 4 rings (SSSR count). The van der Waals surface area contributed by atoms with E-state index in [0.29, 0.717) is 18.9 Å².